The fraction of sp³-hybridized carbons (Fsp3) is 0.476. The van der Waals surface area contributed by atoms with Crippen LogP contribution in [0.3, 0.4) is 0 Å². The second-order valence-corrected chi connectivity index (χ2v) is 8.88. The Morgan fingerprint density at radius 2 is 1.63 bits per heavy atom. The van der Waals surface area contributed by atoms with Crippen molar-refractivity contribution in [2.75, 3.05) is 24.5 Å². The number of carbonyl (C=O) groups is 1. The molecule has 6 heteroatoms. The number of sulfonamides is 1. The number of amides is 1. The van der Waals surface area contributed by atoms with Crippen LogP contribution in [0.5, 0.6) is 0 Å². The SMILES string of the molecule is CCCCN(CCCC)S(=O)(=O)c1ccc2c3c(cccc13)C(=O)N2CC. The lowest BCUT2D eigenvalue weighted by molar-refractivity contribution is 0.0994. The minimum atomic E-state index is -3.62. The maximum atomic E-state index is 13.5. The van der Waals surface area contributed by atoms with Gasteiger partial charge in [-0.05, 0) is 38.0 Å². The molecular weight excluding hydrogens is 360 g/mol. The third-order valence-electron chi connectivity index (χ3n) is 5.20. The van der Waals surface area contributed by atoms with E-state index in [4.69, 9.17) is 0 Å². The summed E-state index contributed by atoms with van der Waals surface area (Å²) in [6.07, 6.45) is 3.57. The van der Waals surface area contributed by atoms with E-state index in [1.807, 2.05) is 13.0 Å². The quantitative estimate of drug-likeness (QED) is 0.639. The zero-order valence-electron chi connectivity index (χ0n) is 16.4. The lowest BCUT2D eigenvalue weighted by Gasteiger charge is -2.23. The Labute approximate surface area is 162 Å². The molecule has 1 amide bonds. The fourth-order valence-electron chi connectivity index (χ4n) is 3.72. The molecule has 2 aromatic carbocycles. The molecule has 0 saturated heterocycles. The third kappa shape index (κ3) is 3.36. The van der Waals surface area contributed by atoms with Gasteiger partial charge in [-0.3, -0.25) is 4.79 Å². The van der Waals surface area contributed by atoms with E-state index in [2.05, 4.69) is 13.8 Å². The summed E-state index contributed by atoms with van der Waals surface area (Å²) >= 11 is 0. The van der Waals surface area contributed by atoms with Gasteiger partial charge in [0.05, 0.1) is 10.6 Å². The van der Waals surface area contributed by atoms with Gasteiger partial charge in [0.25, 0.3) is 5.91 Å². The van der Waals surface area contributed by atoms with Crippen molar-refractivity contribution in [1.29, 1.82) is 0 Å². The van der Waals surface area contributed by atoms with Gasteiger partial charge in [0.15, 0.2) is 0 Å². The first-order chi connectivity index (χ1) is 13.0. The summed E-state index contributed by atoms with van der Waals surface area (Å²) in [5, 5.41) is 1.41. The summed E-state index contributed by atoms with van der Waals surface area (Å²) in [4.78, 5) is 14.7. The number of anilines is 1. The molecule has 0 N–H and O–H groups in total. The molecule has 5 nitrogen and oxygen atoms in total. The first-order valence-corrected chi connectivity index (χ1v) is 11.3. The molecule has 27 heavy (non-hydrogen) atoms. The molecule has 0 aromatic heterocycles. The van der Waals surface area contributed by atoms with E-state index >= 15 is 0 Å². The smallest absolute Gasteiger partial charge is 0.258 e. The van der Waals surface area contributed by atoms with Crippen molar-refractivity contribution in [3.8, 4) is 0 Å². The lowest BCUT2D eigenvalue weighted by Crippen LogP contribution is -2.33. The molecule has 0 fully saturated rings. The highest BCUT2D eigenvalue weighted by molar-refractivity contribution is 7.89. The Hall–Kier alpha value is -1.92. The first kappa shape index (κ1) is 19.8. The summed E-state index contributed by atoms with van der Waals surface area (Å²) in [5.41, 5.74) is 1.40. The van der Waals surface area contributed by atoms with Gasteiger partial charge in [-0.25, -0.2) is 8.42 Å². The van der Waals surface area contributed by atoms with Crippen molar-refractivity contribution < 1.29 is 13.2 Å². The third-order valence-corrected chi connectivity index (χ3v) is 7.16. The van der Waals surface area contributed by atoms with E-state index in [0.29, 0.717) is 35.5 Å². The summed E-state index contributed by atoms with van der Waals surface area (Å²) in [6.45, 7) is 7.68. The molecule has 1 aliphatic heterocycles. The molecule has 0 atom stereocenters. The van der Waals surface area contributed by atoms with Gasteiger partial charge in [0.1, 0.15) is 0 Å². The highest BCUT2D eigenvalue weighted by Crippen LogP contribution is 2.40. The zero-order valence-corrected chi connectivity index (χ0v) is 17.2. The van der Waals surface area contributed by atoms with Crippen molar-refractivity contribution in [3.05, 3.63) is 35.9 Å². The van der Waals surface area contributed by atoms with Crippen LogP contribution in [0.1, 0.15) is 56.8 Å². The van der Waals surface area contributed by atoms with E-state index < -0.39 is 10.0 Å². The molecular formula is C21H28N2O3S. The van der Waals surface area contributed by atoms with Gasteiger partial charge < -0.3 is 4.90 Å². The number of hydrogen-bond acceptors (Lipinski definition) is 3. The molecule has 1 aliphatic rings. The molecule has 0 aliphatic carbocycles. The van der Waals surface area contributed by atoms with Gasteiger partial charge in [-0.1, -0.05) is 38.8 Å². The van der Waals surface area contributed by atoms with Crippen molar-refractivity contribution >= 4 is 32.4 Å². The molecule has 2 aromatic rings. The molecule has 0 unspecified atom stereocenters. The Balaban J connectivity index is 2.14. The van der Waals surface area contributed by atoms with Crippen LogP contribution in [0.2, 0.25) is 0 Å². The molecule has 146 valence electrons. The Bertz CT molecular complexity index is 945. The fourth-order valence-corrected chi connectivity index (χ4v) is 5.42. The van der Waals surface area contributed by atoms with Gasteiger partial charge in [-0.2, -0.15) is 4.31 Å². The van der Waals surface area contributed by atoms with Crippen molar-refractivity contribution in [2.24, 2.45) is 0 Å². The number of hydrogen-bond donors (Lipinski definition) is 0. The molecule has 0 saturated carbocycles. The topological polar surface area (TPSA) is 57.7 Å². The van der Waals surface area contributed by atoms with Crippen LogP contribution in [0.25, 0.3) is 10.8 Å². The van der Waals surface area contributed by atoms with E-state index in [0.717, 1.165) is 36.8 Å². The average molecular weight is 389 g/mol. The average Bonchev–Trinajstić information content (AvgIpc) is 2.95. The monoisotopic (exact) mass is 388 g/mol. The lowest BCUT2D eigenvalue weighted by atomic mass is 10.1. The van der Waals surface area contributed by atoms with Gasteiger partial charge in [-0.15, -0.1) is 0 Å². The summed E-state index contributed by atoms with van der Waals surface area (Å²) in [7, 11) is -3.62. The Morgan fingerprint density at radius 1 is 0.963 bits per heavy atom. The Kier molecular flexibility index (Phi) is 5.86. The molecule has 0 radical (unpaired) electrons. The van der Waals surface area contributed by atoms with E-state index in [1.165, 1.54) is 0 Å². The molecule has 0 spiro atoms. The minimum Gasteiger partial charge on any atom is -0.308 e. The van der Waals surface area contributed by atoms with Gasteiger partial charge in [0, 0.05) is 36.0 Å². The van der Waals surface area contributed by atoms with Gasteiger partial charge >= 0.3 is 0 Å². The second kappa shape index (κ2) is 7.98. The Morgan fingerprint density at radius 3 is 2.22 bits per heavy atom. The van der Waals surface area contributed by atoms with Crippen LogP contribution in [0.15, 0.2) is 35.2 Å². The maximum Gasteiger partial charge on any atom is 0.258 e. The number of carbonyl (C=O) groups excluding carboxylic acids is 1. The largest absolute Gasteiger partial charge is 0.308 e. The molecule has 1 heterocycles. The number of benzene rings is 2. The summed E-state index contributed by atoms with van der Waals surface area (Å²) in [5.74, 6) is -0.0542. The van der Waals surface area contributed by atoms with Crippen LogP contribution >= 0.6 is 0 Å². The zero-order chi connectivity index (χ0) is 19.6. The number of rotatable bonds is 9. The van der Waals surface area contributed by atoms with E-state index in [9.17, 15) is 13.2 Å². The normalized spacial score (nSPS) is 13.9. The van der Waals surface area contributed by atoms with Crippen molar-refractivity contribution in [2.45, 2.75) is 51.3 Å². The summed E-state index contributed by atoms with van der Waals surface area (Å²) in [6, 6.07) is 8.83. The number of unbranched alkanes of at least 4 members (excludes halogenated alkanes) is 2. The molecule has 0 bridgehead atoms. The van der Waals surface area contributed by atoms with Crippen LogP contribution in [-0.4, -0.2) is 38.3 Å². The van der Waals surface area contributed by atoms with Crippen LogP contribution in [0, 0.1) is 0 Å². The van der Waals surface area contributed by atoms with Crippen molar-refractivity contribution in [3.63, 3.8) is 0 Å². The standard InChI is InChI=1S/C21H28N2O3S/c1-4-7-14-22(15-8-5-2)27(25,26)19-13-12-18-20-16(19)10-9-11-17(20)21(24)23(18)6-3/h9-13H,4-8,14-15H2,1-3H3. The van der Waals surface area contributed by atoms with Crippen LogP contribution in [-0.2, 0) is 10.0 Å². The predicted molar refractivity (Wildman–Crippen MR) is 110 cm³/mol. The van der Waals surface area contributed by atoms with Crippen LogP contribution < -0.4 is 4.90 Å². The predicted octanol–water partition coefficient (Wildman–Crippen LogP) is 4.41. The minimum absolute atomic E-state index is 0.0542. The number of nitrogens with zero attached hydrogens (tertiary/aromatic N) is 2. The summed E-state index contributed by atoms with van der Waals surface area (Å²) < 4.78 is 28.5. The highest BCUT2D eigenvalue weighted by Gasteiger charge is 2.33. The first-order valence-electron chi connectivity index (χ1n) is 9.85. The highest BCUT2D eigenvalue weighted by atomic mass is 32.2. The van der Waals surface area contributed by atoms with Crippen molar-refractivity contribution in [1.82, 2.24) is 4.31 Å². The van der Waals surface area contributed by atoms with Crippen LogP contribution in [0.4, 0.5) is 5.69 Å². The second-order valence-electron chi connectivity index (χ2n) is 6.97. The maximum absolute atomic E-state index is 13.5. The van der Waals surface area contributed by atoms with E-state index in [1.54, 1.807) is 33.5 Å². The van der Waals surface area contributed by atoms with E-state index in [-0.39, 0.29) is 5.91 Å². The van der Waals surface area contributed by atoms with Gasteiger partial charge in [0.2, 0.25) is 10.0 Å². The molecule has 3 rings (SSSR count).